The van der Waals surface area contributed by atoms with Gasteiger partial charge in [0.2, 0.25) is 0 Å². The van der Waals surface area contributed by atoms with Gasteiger partial charge in [0.1, 0.15) is 5.71 Å². The zero-order valence-corrected chi connectivity index (χ0v) is 14.2. The molecule has 23 heavy (non-hydrogen) atoms. The lowest BCUT2D eigenvalue weighted by atomic mass is 10.2. The number of anilines is 1. The highest BCUT2D eigenvalue weighted by atomic mass is 35.5. The van der Waals surface area contributed by atoms with E-state index in [1.807, 2.05) is 0 Å². The van der Waals surface area contributed by atoms with Gasteiger partial charge in [0.05, 0.1) is 28.4 Å². The molecule has 2 saturated heterocycles. The third-order valence-electron chi connectivity index (χ3n) is 3.76. The van der Waals surface area contributed by atoms with E-state index in [0.29, 0.717) is 13.2 Å². The van der Waals surface area contributed by atoms with Gasteiger partial charge in [-0.1, -0.05) is 29.3 Å². The lowest BCUT2D eigenvalue weighted by Gasteiger charge is -2.15. The van der Waals surface area contributed by atoms with Gasteiger partial charge in [-0.25, -0.2) is 4.90 Å². The molecule has 0 radical (unpaired) electrons. The second-order valence-electron chi connectivity index (χ2n) is 5.28. The quantitative estimate of drug-likeness (QED) is 0.602. The number of imide groups is 1. The van der Waals surface area contributed by atoms with Gasteiger partial charge >= 0.3 is 0 Å². The average Bonchev–Trinajstić information content (AvgIpc) is 3.11. The van der Waals surface area contributed by atoms with Crippen molar-refractivity contribution in [1.29, 1.82) is 0 Å². The van der Waals surface area contributed by atoms with Crippen LogP contribution in [-0.2, 0) is 14.3 Å². The van der Waals surface area contributed by atoms with Crippen LogP contribution < -0.4 is 4.90 Å². The third-order valence-corrected chi connectivity index (χ3v) is 4.96. The topological polar surface area (TPSA) is 59.0 Å². The van der Waals surface area contributed by atoms with Gasteiger partial charge in [0.15, 0.2) is 5.38 Å². The molecule has 8 heteroatoms. The van der Waals surface area contributed by atoms with Crippen LogP contribution in [0.4, 0.5) is 5.69 Å². The maximum atomic E-state index is 12.5. The van der Waals surface area contributed by atoms with E-state index in [0.717, 1.165) is 17.7 Å². The molecular formula is C15H13Cl3N2O3. The number of carbonyl (C=O) groups excluding carboxylic acids is 2. The van der Waals surface area contributed by atoms with Crippen molar-refractivity contribution in [3.8, 4) is 0 Å². The fourth-order valence-electron chi connectivity index (χ4n) is 2.58. The van der Waals surface area contributed by atoms with Crippen LogP contribution >= 0.6 is 34.8 Å². The van der Waals surface area contributed by atoms with Gasteiger partial charge in [-0.05, 0) is 25.0 Å². The van der Waals surface area contributed by atoms with Crippen molar-refractivity contribution in [3.63, 3.8) is 0 Å². The van der Waals surface area contributed by atoms with Crippen LogP contribution in [0.5, 0.6) is 0 Å². The minimum atomic E-state index is -1.13. The first-order chi connectivity index (χ1) is 11.0. The zero-order valence-electron chi connectivity index (χ0n) is 12.0. The molecule has 1 unspecified atom stereocenters. The van der Waals surface area contributed by atoms with Crippen molar-refractivity contribution in [2.75, 3.05) is 18.1 Å². The molecule has 5 nitrogen and oxygen atoms in total. The van der Waals surface area contributed by atoms with Crippen molar-refractivity contribution < 1.29 is 14.3 Å². The minimum Gasteiger partial charge on any atom is -0.376 e. The van der Waals surface area contributed by atoms with Crippen LogP contribution in [0.2, 0.25) is 10.0 Å². The molecule has 1 aromatic rings. The van der Waals surface area contributed by atoms with Gasteiger partial charge in [-0.3, -0.25) is 14.6 Å². The lowest BCUT2D eigenvalue weighted by Crippen LogP contribution is -2.31. The molecular weight excluding hydrogens is 363 g/mol. The normalized spacial score (nSPS) is 26.6. The number of amides is 2. The lowest BCUT2D eigenvalue weighted by molar-refractivity contribution is -0.120. The van der Waals surface area contributed by atoms with E-state index in [4.69, 9.17) is 39.5 Å². The first kappa shape index (κ1) is 16.7. The first-order valence-electron chi connectivity index (χ1n) is 7.13. The van der Waals surface area contributed by atoms with Crippen LogP contribution in [0.25, 0.3) is 0 Å². The number of carbonyl (C=O) groups is 2. The highest BCUT2D eigenvalue weighted by Crippen LogP contribution is 2.35. The molecule has 0 saturated carbocycles. The summed E-state index contributed by atoms with van der Waals surface area (Å²) in [7, 11) is 0. The Kier molecular flexibility index (Phi) is 4.92. The minimum absolute atomic E-state index is 0.0169. The predicted octanol–water partition coefficient (Wildman–Crippen LogP) is 3.09. The number of aliphatic imine (C=N–C) groups is 1. The monoisotopic (exact) mass is 374 g/mol. The van der Waals surface area contributed by atoms with Crippen LogP contribution in [0, 0.1) is 0 Å². The Labute approximate surface area is 148 Å². The van der Waals surface area contributed by atoms with Gasteiger partial charge in [-0.15, -0.1) is 11.6 Å². The SMILES string of the molecule is O=C1C(=NC[C@@H]2CCCO2)C(Cl)C(=O)N1c1cccc(Cl)c1Cl. The summed E-state index contributed by atoms with van der Waals surface area (Å²) in [5.41, 5.74) is 0.227. The van der Waals surface area contributed by atoms with Gasteiger partial charge in [-0.2, -0.15) is 0 Å². The Hall–Kier alpha value is -1.14. The van der Waals surface area contributed by atoms with Crippen molar-refractivity contribution in [2.24, 2.45) is 4.99 Å². The maximum absolute atomic E-state index is 12.5. The second kappa shape index (κ2) is 6.77. The van der Waals surface area contributed by atoms with Crippen LogP contribution in [-0.4, -0.2) is 42.2 Å². The molecule has 0 spiro atoms. The Morgan fingerprint density at radius 3 is 2.78 bits per heavy atom. The standard InChI is InChI=1S/C15H13Cl3N2O3/c16-9-4-1-5-10(11(9)17)20-14(21)12(18)13(15(20)22)19-7-8-3-2-6-23-8/h1,4-5,8,12H,2-3,6-7H2/t8-,12?/m0/s1. The molecule has 2 heterocycles. The molecule has 0 aromatic heterocycles. The van der Waals surface area contributed by atoms with Crippen molar-refractivity contribution in [1.82, 2.24) is 0 Å². The molecule has 2 fully saturated rings. The number of halogens is 3. The summed E-state index contributed by atoms with van der Waals surface area (Å²) in [5, 5.41) is -0.750. The summed E-state index contributed by atoms with van der Waals surface area (Å²) >= 11 is 18.1. The molecule has 2 aliphatic rings. The molecule has 2 amide bonds. The number of alkyl halides is 1. The molecule has 0 aliphatic carbocycles. The number of ether oxygens (including phenoxy) is 1. The van der Waals surface area contributed by atoms with E-state index in [-0.39, 0.29) is 27.5 Å². The van der Waals surface area contributed by atoms with E-state index in [1.54, 1.807) is 12.1 Å². The second-order valence-corrected chi connectivity index (χ2v) is 6.50. The van der Waals surface area contributed by atoms with Gasteiger partial charge < -0.3 is 4.74 Å². The fraction of sp³-hybridized carbons (Fsp3) is 0.400. The van der Waals surface area contributed by atoms with Crippen LogP contribution in [0.3, 0.4) is 0 Å². The molecule has 0 N–H and O–H groups in total. The number of rotatable bonds is 3. The van der Waals surface area contributed by atoms with Gasteiger partial charge in [0.25, 0.3) is 11.8 Å². The number of nitrogens with zero attached hydrogens (tertiary/aromatic N) is 2. The maximum Gasteiger partial charge on any atom is 0.281 e. The van der Waals surface area contributed by atoms with Gasteiger partial charge in [0, 0.05) is 6.61 Å². The van der Waals surface area contributed by atoms with Crippen molar-refractivity contribution in [2.45, 2.75) is 24.3 Å². The van der Waals surface area contributed by atoms with Crippen LogP contribution in [0.15, 0.2) is 23.2 Å². The van der Waals surface area contributed by atoms with E-state index >= 15 is 0 Å². The summed E-state index contributed by atoms with van der Waals surface area (Å²) in [6.45, 7) is 1.01. The Bertz CT molecular complexity index is 687. The van der Waals surface area contributed by atoms with Crippen LogP contribution in [0.1, 0.15) is 12.8 Å². The number of benzene rings is 1. The van der Waals surface area contributed by atoms with Crippen molar-refractivity contribution >= 4 is 58.0 Å². The fourth-order valence-corrected chi connectivity index (χ4v) is 3.22. The average molecular weight is 376 g/mol. The largest absolute Gasteiger partial charge is 0.376 e. The smallest absolute Gasteiger partial charge is 0.281 e. The van der Waals surface area contributed by atoms with Crippen molar-refractivity contribution in [3.05, 3.63) is 28.2 Å². The summed E-state index contributed by atoms with van der Waals surface area (Å²) in [6.07, 6.45) is 1.82. The summed E-state index contributed by atoms with van der Waals surface area (Å²) in [4.78, 5) is 30.0. The van der Waals surface area contributed by atoms with E-state index < -0.39 is 17.2 Å². The highest BCUT2D eigenvalue weighted by Gasteiger charge is 2.45. The summed E-state index contributed by atoms with van der Waals surface area (Å²) < 4.78 is 5.46. The first-order valence-corrected chi connectivity index (χ1v) is 8.32. The molecule has 122 valence electrons. The molecule has 2 atom stereocenters. The van der Waals surface area contributed by atoms with E-state index in [9.17, 15) is 9.59 Å². The van der Waals surface area contributed by atoms with E-state index in [1.165, 1.54) is 6.07 Å². The summed E-state index contributed by atoms with van der Waals surface area (Å²) in [5.74, 6) is -1.15. The molecule has 3 rings (SSSR count). The number of hydrogen-bond donors (Lipinski definition) is 0. The predicted molar refractivity (Wildman–Crippen MR) is 89.9 cm³/mol. The van der Waals surface area contributed by atoms with E-state index in [2.05, 4.69) is 4.99 Å². The molecule has 0 bridgehead atoms. The zero-order chi connectivity index (χ0) is 16.6. The molecule has 2 aliphatic heterocycles. The third kappa shape index (κ3) is 3.11. The molecule has 1 aromatic carbocycles. The summed E-state index contributed by atoms with van der Waals surface area (Å²) in [6, 6.07) is 4.72. The Morgan fingerprint density at radius 2 is 2.09 bits per heavy atom. The highest BCUT2D eigenvalue weighted by molar-refractivity contribution is 6.68. The Balaban J connectivity index is 1.88. The Morgan fingerprint density at radius 1 is 1.30 bits per heavy atom. The number of hydrogen-bond acceptors (Lipinski definition) is 4.